The number of hydrogen-bond acceptors (Lipinski definition) is 10. The molecular formula is C36H47N7O10. The third-order valence-electron chi connectivity index (χ3n) is 8.01. The monoisotopic (exact) mass is 737 g/mol. The van der Waals surface area contributed by atoms with Gasteiger partial charge in [0.1, 0.15) is 31.9 Å². The first kappa shape index (κ1) is 41.6. The molecule has 17 heteroatoms. The third kappa shape index (κ3) is 14.7. The minimum atomic E-state index is -1.06. The molecule has 0 radical (unpaired) electrons. The van der Waals surface area contributed by atoms with Crippen LogP contribution in [-0.4, -0.2) is 90.7 Å². The fraction of sp³-hybridized carbons (Fsp3) is 0.444. The lowest BCUT2D eigenvalue weighted by molar-refractivity contribution is -0.152. The predicted octanol–water partition coefficient (Wildman–Crippen LogP) is 1.11. The van der Waals surface area contributed by atoms with Crippen LogP contribution in [0, 0.1) is 5.92 Å². The van der Waals surface area contributed by atoms with Gasteiger partial charge in [-0.3, -0.25) is 38.5 Å². The number of esters is 1. The van der Waals surface area contributed by atoms with Gasteiger partial charge in [0.15, 0.2) is 0 Å². The number of nitrogens with zero attached hydrogens (tertiary/aromatic N) is 1. The molecule has 2 atom stereocenters. The summed E-state index contributed by atoms with van der Waals surface area (Å²) >= 11 is 0. The highest BCUT2D eigenvalue weighted by Gasteiger charge is 2.30. The zero-order valence-electron chi connectivity index (χ0n) is 30.0. The number of urea groups is 1. The average Bonchev–Trinajstić information content (AvgIpc) is 3.10. The van der Waals surface area contributed by atoms with Crippen LogP contribution in [0.25, 0.3) is 0 Å². The molecule has 7 N–H and O–H groups in total. The molecule has 1 saturated heterocycles. The van der Waals surface area contributed by atoms with E-state index < -0.39 is 66.8 Å². The minimum Gasteiger partial charge on any atom is -0.461 e. The van der Waals surface area contributed by atoms with Gasteiger partial charge in [0.05, 0.1) is 0 Å². The van der Waals surface area contributed by atoms with E-state index in [4.69, 9.17) is 15.2 Å². The first-order chi connectivity index (χ1) is 25.2. The molecule has 0 bridgehead atoms. The number of benzene rings is 2. The van der Waals surface area contributed by atoms with Crippen molar-refractivity contribution in [1.82, 2.24) is 20.9 Å². The van der Waals surface area contributed by atoms with Crippen molar-refractivity contribution in [3.05, 3.63) is 59.7 Å². The maximum atomic E-state index is 13.4. The van der Waals surface area contributed by atoms with Gasteiger partial charge in [-0.15, -0.1) is 0 Å². The fourth-order valence-electron chi connectivity index (χ4n) is 5.05. The lowest BCUT2D eigenvalue weighted by Gasteiger charge is -2.28. The van der Waals surface area contributed by atoms with Crippen molar-refractivity contribution in [3.8, 4) is 0 Å². The Morgan fingerprint density at radius 3 is 2.02 bits per heavy atom. The van der Waals surface area contributed by atoms with Crippen LogP contribution in [0.1, 0.15) is 57.6 Å². The highest BCUT2D eigenvalue weighted by atomic mass is 16.5. The Morgan fingerprint density at radius 2 is 1.45 bits per heavy atom. The number of aryl methyl sites for hydroxylation is 1. The van der Waals surface area contributed by atoms with Gasteiger partial charge in [0.25, 0.3) is 0 Å². The molecule has 1 heterocycles. The molecule has 0 aromatic heterocycles. The van der Waals surface area contributed by atoms with Gasteiger partial charge >= 0.3 is 12.0 Å². The smallest absolute Gasteiger partial charge is 0.312 e. The average molecular weight is 738 g/mol. The Balaban J connectivity index is 1.48. The van der Waals surface area contributed by atoms with Gasteiger partial charge in [-0.05, 0) is 60.6 Å². The molecule has 1 fully saturated rings. The summed E-state index contributed by atoms with van der Waals surface area (Å²) in [7, 11) is 0. The maximum absolute atomic E-state index is 13.4. The highest BCUT2D eigenvalue weighted by molar-refractivity contribution is 6.00. The van der Waals surface area contributed by atoms with Crippen LogP contribution in [0.2, 0.25) is 0 Å². The molecular weight excluding hydrogens is 690 g/mol. The van der Waals surface area contributed by atoms with Crippen molar-refractivity contribution < 1.29 is 47.8 Å². The van der Waals surface area contributed by atoms with Gasteiger partial charge in [-0.1, -0.05) is 38.1 Å². The fourth-order valence-corrected chi connectivity index (χ4v) is 5.05. The molecule has 286 valence electrons. The number of ether oxygens (including phenoxy) is 2. The molecule has 1 aliphatic heterocycles. The van der Waals surface area contributed by atoms with E-state index in [-0.39, 0.29) is 37.8 Å². The molecule has 3 rings (SSSR count). The van der Waals surface area contributed by atoms with Crippen molar-refractivity contribution in [2.24, 2.45) is 11.7 Å². The van der Waals surface area contributed by atoms with Crippen molar-refractivity contribution in [1.29, 1.82) is 0 Å². The summed E-state index contributed by atoms with van der Waals surface area (Å²) in [5, 5.41) is 13.1. The number of nitrogens with two attached hydrogens (primary N) is 1. The number of carbonyl (C=O) groups excluding carboxylic acids is 8. The van der Waals surface area contributed by atoms with E-state index >= 15 is 0 Å². The standard InChI is InChI=1S/C36H47N7O10/c1-22(2)33(35(50)41-28(5-4-17-38-36(37)51)34(49)40-27-13-8-25(9-14-27)19-53-23(3)44)42-30(46)21-52-20-29(45)39-26-11-6-24(7-12-26)10-15-31(47)43-18-16-32(43)48/h6-9,11-14,22,28,33H,4-5,10,15-21H2,1-3H3,(H,39,45)(H,40,49)(H,41,50)(H,42,46)(H3,37,38,51)/t28-,33-/m0/s1. The number of rotatable bonds is 20. The third-order valence-corrected chi connectivity index (χ3v) is 8.01. The molecule has 2 aromatic rings. The number of β-lactam (4-membered cyclic amide) rings is 1. The van der Waals surface area contributed by atoms with Gasteiger partial charge in [-0.2, -0.15) is 0 Å². The van der Waals surface area contributed by atoms with Gasteiger partial charge in [0, 0.05) is 44.2 Å². The highest BCUT2D eigenvalue weighted by Crippen LogP contribution is 2.15. The molecule has 0 spiro atoms. The van der Waals surface area contributed by atoms with Crippen LogP contribution in [0.5, 0.6) is 0 Å². The predicted molar refractivity (Wildman–Crippen MR) is 192 cm³/mol. The Bertz CT molecular complexity index is 1630. The molecule has 8 amide bonds. The van der Waals surface area contributed by atoms with Crippen molar-refractivity contribution >= 4 is 58.8 Å². The van der Waals surface area contributed by atoms with Crippen LogP contribution in [0.4, 0.5) is 16.2 Å². The molecule has 0 unspecified atom stereocenters. The largest absolute Gasteiger partial charge is 0.461 e. The number of anilines is 2. The number of primary amides is 1. The molecule has 17 nitrogen and oxygen atoms in total. The van der Waals surface area contributed by atoms with Crippen LogP contribution in [0.15, 0.2) is 48.5 Å². The summed E-state index contributed by atoms with van der Waals surface area (Å²) in [4.78, 5) is 98.7. The number of hydrogen-bond donors (Lipinski definition) is 6. The van der Waals surface area contributed by atoms with Crippen molar-refractivity contribution in [2.45, 2.75) is 71.6 Å². The molecule has 2 aromatic carbocycles. The lowest BCUT2D eigenvalue weighted by Crippen LogP contribution is -2.55. The van der Waals surface area contributed by atoms with Crippen molar-refractivity contribution in [3.63, 3.8) is 0 Å². The summed E-state index contributed by atoms with van der Waals surface area (Å²) in [6, 6.07) is 10.6. The Hall–Kier alpha value is -5.84. The number of imide groups is 1. The van der Waals surface area contributed by atoms with Gasteiger partial charge in [0.2, 0.25) is 35.4 Å². The number of likely N-dealkylation sites (tertiary alicyclic amines) is 1. The second-order valence-corrected chi connectivity index (χ2v) is 12.7. The normalized spacial score (nSPS) is 13.2. The first-order valence-corrected chi connectivity index (χ1v) is 17.2. The van der Waals surface area contributed by atoms with Crippen LogP contribution in [0.3, 0.4) is 0 Å². The Kier molecular flexibility index (Phi) is 16.4. The second-order valence-electron chi connectivity index (χ2n) is 12.7. The Morgan fingerprint density at radius 1 is 0.830 bits per heavy atom. The van der Waals surface area contributed by atoms with Crippen molar-refractivity contribution in [2.75, 3.05) is 36.9 Å². The van der Waals surface area contributed by atoms with E-state index in [0.717, 1.165) is 5.56 Å². The quantitative estimate of drug-likeness (QED) is 0.0642. The van der Waals surface area contributed by atoms with E-state index in [1.807, 2.05) is 0 Å². The number of amides is 8. The molecule has 53 heavy (non-hydrogen) atoms. The zero-order chi connectivity index (χ0) is 38.9. The minimum absolute atomic E-state index is 0.0709. The van der Waals surface area contributed by atoms with E-state index in [1.54, 1.807) is 62.4 Å². The number of nitrogens with one attached hydrogen (secondary N) is 5. The second kappa shape index (κ2) is 20.9. The summed E-state index contributed by atoms with van der Waals surface area (Å²) in [6.07, 6.45) is 1.47. The Labute approximate surface area is 307 Å². The zero-order valence-corrected chi connectivity index (χ0v) is 30.0. The van der Waals surface area contributed by atoms with E-state index in [1.165, 1.54) is 11.8 Å². The topological polar surface area (TPSA) is 244 Å². The van der Waals surface area contributed by atoms with E-state index in [0.29, 0.717) is 42.7 Å². The van der Waals surface area contributed by atoms with Gasteiger partial charge < -0.3 is 41.8 Å². The summed E-state index contributed by atoms with van der Waals surface area (Å²) in [6.45, 7) is 4.43. The molecule has 0 aliphatic carbocycles. The van der Waals surface area contributed by atoms with Crippen LogP contribution < -0.4 is 32.3 Å². The number of carbonyl (C=O) groups is 8. The first-order valence-electron chi connectivity index (χ1n) is 17.2. The van der Waals surface area contributed by atoms with E-state index in [9.17, 15) is 38.4 Å². The van der Waals surface area contributed by atoms with Crippen LogP contribution in [-0.2, 0) is 56.1 Å². The molecule has 0 saturated carbocycles. The summed E-state index contributed by atoms with van der Waals surface area (Å²) in [5.41, 5.74) is 7.59. The maximum Gasteiger partial charge on any atom is 0.312 e. The lowest BCUT2D eigenvalue weighted by atomic mass is 10.0. The summed E-state index contributed by atoms with van der Waals surface area (Å²) < 4.78 is 10.2. The van der Waals surface area contributed by atoms with Crippen LogP contribution >= 0.6 is 0 Å². The molecule has 1 aliphatic rings. The SMILES string of the molecule is CC(=O)OCc1ccc(NC(=O)[C@H](CCCNC(N)=O)NC(=O)[C@@H](NC(=O)COCC(=O)Nc2ccc(CCC(=O)N3CCC3=O)cc2)C(C)C)cc1. The van der Waals surface area contributed by atoms with Gasteiger partial charge in [-0.25, -0.2) is 4.79 Å². The summed E-state index contributed by atoms with van der Waals surface area (Å²) in [5.74, 6) is -3.55. The van der Waals surface area contributed by atoms with E-state index in [2.05, 4.69) is 26.6 Å².